The van der Waals surface area contributed by atoms with Crippen LogP contribution in [0.1, 0.15) is 136 Å². The van der Waals surface area contributed by atoms with E-state index in [0.29, 0.717) is 13.0 Å². The molecule has 13 heteroatoms. The Morgan fingerprint density at radius 2 is 1.30 bits per heavy atom. The van der Waals surface area contributed by atoms with Crippen LogP contribution in [-0.4, -0.2) is 97.5 Å². The monoisotopic (exact) mass is 774 g/mol. The predicted molar refractivity (Wildman–Crippen MR) is 206 cm³/mol. The number of allylic oxidation sites excluding steroid dienone is 8. The van der Waals surface area contributed by atoms with Gasteiger partial charge in [0, 0.05) is 13.0 Å². The molecular formula is C40H70O12S. The molecule has 308 valence electrons. The molecule has 1 heterocycles. The molecule has 1 aliphatic rings. The lowest BCUT2D eigenvalue weighted by Gasteiger charge is -2.41. The molecule has 0 saturated carbocycles. The normalized spacial score (nSPS) is 21.8. The summed E-state index contributed by atoms with van der Waals surface area (Å²) in [5, 5.41) is 30.5. The van der Waals surface area contributed by atoms with Crippen molar-refractivity contribution in [2.45, 2.75) is 173 Å². The van der Waals surface area contributed by atoms with Crippen molar-refractivity contribution in [1.82, 2.24) is 0 Å². The molecule has 6 atom stereocenters. The number of unbranched alkanes of at least 4 members (excludes halogenated alkanes) is 12. The van der Waals surface area contributed by atoms with Gasteiger partial charge < -0.3 is 34.3 Å². The molecule has 53 heavy (non-hydrogen) atoms. The Labute approximate surface area is 319 Å². The summed E-state index contributed by atoms with van der Waals surface area (Å²) in [4.78, 5) is 12.8. The van der Waals surface area contributed by atoms with E-state index in [0.717, 1.165) is 70.6 Å². The van der Waals surface area contributed by atoms with Crippen molar-refractivity contribution in [3.05, 3.63) is 48.6 Å². The van der Waals surface area contributed by atoms with Crippen molar-refractivity contribution < 1.29 is 56.2 Å². The number of esters is 1. The van der Waals surface area contributed by atoms with E-state index in [1.807, 2.05) is 0 Å². The number of rotatable bonds is 33. The minimum atomic E-state index is -5.06. The first-order valence-electron chi connectivity index (χ1n) is 19.9. The van der Waals surface area contributed by atoms with Crippen LogP contribution >= 0.6 is 0 Å². The zero-order valence-electron chi connectivity index (χ0n) is 32.3. The molecule has 4 N–H and O–H groups in total. The molecular weight excluding hydrogens is 704 g/mol. The van der Waals surface area contributed by atoms with Crippen molar-refractivity contribution in [3.63, 3.8) is 0 Å². The van der Waals surface area contributed by atoms with E-state index in [4.69, 9.17) is 23.5 Å². The number of ether oxygens (including phenoxy) is 4. The van der Waals surface area contributed by atoms with Gasteiger partial charge in [-0.05, 0) is 51.4 Å². The topological polar surface area (TPSA) is 178 Å². The number of hydrogen-bond acceptors (Lipinski definition) is 11. The van der Waals surface area contributed by atoms with E-state index in [-0.39, 0.29) is 19.6 Å². The van der Waals surface area contributed by atoms with Crippen LogP contribution in [0, 0.1) is 0 Å². The second kappa shape index (κ2) is 32.3. The van der Waals surface area contributed by atoms with Crippen molar-refractivity contribution in [2.24, 2.45) is 0 Å². The quantitative estimate of drug-likeness (QED) is 0.0228. The van der Waals surface area contributed by atoms with Crippen LogP contribution in [-0.2, 0) is 38.3 Å². The van der Waals surface area contributed by atoms with Gasteiger partial charge in [-0.1, -0.05) is 127 Å². The first kappa shape index (κ1) is 49.1. The first-order chi connectivity index (χ1) is 25.6. The van der Waals surface area contributed by atoms with Gasteiger partial charge in [0.15, 0.2) is 6.29 Å². The molecule has 0 aromatic heterocycles. The Balaban J connectivity index is 2.50. The average molecular weight is 775 g/mol. The van der Waals surface area contributed by atoms with Crippen LogP contribution in [0.25, 0.3) is 0 Å². The maximum Gasteiger partial charge on any atom is 0.397 e. The maximum atomic E-state index is 12.8. The van der Waals surface area contributed by atoms with Crippen LogP contribution in [0.5, 0.6) is 0 Å². The Hall–Kier alpha value is -1.94. The third kappa shape index (κ3) is 26.5. The van der Waals surface area contributed by atoms with Crippen LogP contribution in [0.4, 0.5) is 0 Å². The summed E-state index contributed by atoms with van der Waals surface area (Å²) in [6, 6.07) is 0. The summed E-state index contributed by atoms with van der Waals surface area (Å²) in [5.41, 5.74) is 0. The van der Waals surface area contributed by atoms with Gasteiger partial charge in [0.1, 0.15) is 30.5 Å². The Bertz CT molecular complexity index is 1120. The highest BCUT2D eigenvalue weighted by molar-refractivity contribution is 7.80. The van der Waals surface area contributed by atoms with Gasteiger partial charge in [0.25, 0.3) is 0 Å². The van der Waals surface area contributed by atoms with E-state index in [9.17, 15) is 28.5 Å². The first-order valence-corrected chi connectivity index (χ1v) is 21.3. The molecule has 0 aromatic rings. The molecule has 1 rings (SSSR count). The lowest BCUT2D eigenvalue weighted by Crippen LogP contribution is -2.60. The van der Waals surface area contributed by atoms with Gasteiger partial charge >= 0.3 is 16.4 Å². The standard InChI is InChI=1S/C40H70O12S/c1-3-5-7-9-11-13-14-15-16-17-18-19-20-21-23-25-27-29-36(42)50-34(32-48-30-28-26-24-22-12-10-8-6-4-2)33-49-40-38(44)39(52-53(45,46)47)37(43)35(31-41)51-40/h5,7,11,13,15-16,18-19,34-35,37-41,43-44H,3-4,6,8-10,12,14,17,20-33H2,1-2H3,(H,45,46,47)/b7-5-,13-11-,16-15-,19-18-. The zero-order valence-corrected chi connectivity index (χ0v) is 33.1. The van der Waals surface area contributed by atoms with Crippen LogP contribution in [0.3, 0.4) is 0 Å². The van der Waals surface area contributed by atoms with Gasteiger partial charge in [0.05, 0.1) is 19.8 Å². The fourth-order valence-electron chi connectivity index (χ4n) is 5.72. The van der Waals surface area contributed by atoms with E-state index >= 15 is 0 Å². The predicted octanol–water partition coefficient (Wildman–Crippen LogP) is 7.23. The fourth-order valence-corrected chi connectivity index (χ4v) is 6.23. The minimum Gasteiger partial charge on any atom is -0.457 e. The Morgan fingerprint density at radius 1 is 0.736 bits per heavy atom. The van der Waals surface area contributed by atoms with Gasteiger partial charge in [-0.25, -0.2) is 4.18 Å². The average Bonchev–Trinajstić information content (AvgIpc) is 3.12. The zero-order chi connectivity index (χ0) is 39.0. The number of carbonyl (C=O) groups is 1. The largest absolute Gasteiger partial charge is 0.457 e. The fraction of sp³-hybridized carbons (Fsp3) is 0.775. The molecule has 12 nitrogen and oxygen atoms in total. The lowest BCUT2D eigenvalue weighted by molar-refractivity contribution is -0.301. The number of aliphatic hydroxyl groups excluding tert-OH is 3. The molecule has 0 bridgehead atoms. The molecule has 0 radical (unpaired) electrons. The molecule has 6 unspecified atom stereocenters. The van der Waals surface area contributed by atoms with Crippen molar-refractivity contribution in [2.75, 3.05) is 26.4 Å². The molecule has 0 aromatic carbocycles. The summed E-state index contributed by atoms with van der Waals surface area (Å²) in [5.74, 6) is -0.425. The summed E-state index contributed by atoms with van der Waals surface area (Å²) in [6.45, 7) is 3.80. The lowest BCUT2D eigenvalue weighted by atomic mass is 9.99. The minimum absolute atomic E-state index is 0.0252. The Morgan fingerprint density at radius 3 is 1.91 bits per heavy atom. The molecule has 1 saturated heterocycles. The molecule has 1 aliphatic heterocycles. The molecule has 0 spiro atoms. The highest BCUT2D eigenvalue weighted by atomic mass is 32.3. The van der Waals surface area contributed by atoms with Crippen LogP contribution < -0.4 is 0 Å². The number of hydrogen-bond donors (Lipinski definition) is 4. The Kier molecular flexibility index (Phi) is 29.9. The van der Waals surface area contributed by atoms with Gasteiger partial charge in [-0.15, -0.1) is 0 Å². The van der Waals surface area contributed by atoms with Crippen molar-refractivity contribution in [3.8, 4) is 0 Å². The molecule has 0 amide bonds. The summed E-state index contributed by atoms with van der Waals surface area (Å²) < 4.78 is 58.7. The van der Waals surface area contributed by atoms with Gasteiger partial charge in [0.2, 0.25) is 0 Å². The summed E-state index contributed by atoms with van der Waals surface area (Å²) in [7, 11) is -5.06. The molecule has 1 fully saturated rings. The van der Waals surface area contributed by atoms with E-state index in [2.05, 4.69) is 66.6 Å². The summed E-state index contributed by atoms with van der Waals surface area (Å²) >= 11 is 0. The smallest absolute Gasteiger partial charge is 0.397 e. The van der Waals surface area contributed by atoms with Crippen LogP contribution in [0.15, 0.2) is 48.6 Å². The van der Waals surface area contributed by atoms with E-state index in [1.165, 1.54) is 38.5 Å². The highest BCUT2D eigenvalue weighted by Gasteiger charge is 2.48. The second-order valence-corrected chi connectivity index (χ2v) is 14.5. The number of aliphatic hydroxyl groups is 3. The molecule has 0 aliphatic carbocycles. The summed E-state index contributed by atoms with van der Waals surface area (Å²) in [6.07, 6.45) is 27.3. The van der Waals surface area contributed by atoms with Crippen LogP contribution in [0.2, 0.25) is 0 Å². The van der Waals surface area contributed by atoms with Crippen molar-refractivity contribution >= 4 is 16.4 Å². The second-order valence-electron chi connectivity index (χ2n) is 13.5. The number of carbonyl (C=O) groups excluding carboxylic acids is 1. The van der Waals surface area contributed by atoms with Crippen molar-refractivity contribution in [1.29, 1.82) is 0 Å². The van der Waals surface area contributed by atoms with Gasteiger partial charge in [-0.2, -0.15) is 8.42 Å². The van der Waals surface area contributed by atoms with E-state index < -0.39 is 59.8 Å². The maximum absolute atomic E-state index is 12.8. The van der Waals surface area contributed by atoms with Gasteiger partial charge in [-0.3, -0.25) is 9.35 Å². The SMILES string of the molecule is CC/C=C\C/C=C\C/C=C\C/C=C\CCCCCCC(=O)OC(COCCCCCCCCCCC)COC1OC(CO)C(O)C(OS(=O)(=O)O)C1O. The highest BCUT2D eigenvalue weighted by Crippen LogP contribution is 2.26. The van der Waals surface area contributed by atoms with E-state index in [1.54, 1.807) is 0 Å². The third-order valence-electron chi connectivity index (χ3n) is 8.72. The third-order valence-corrected chi connectivity index (χ3v) is 9.18.